The fourth-order valence-corrected chi connectivity index (χ4v) is 2.16. The third kappa shape index (κ3) is 2.01. The van der Waals surface area contributed by atoms with Crippen LogP contribution in [0.25, 0.3) is 10.9 Å². The van der Waals surface area contributed by atoms with Crippen molar-refractivity contribution in [2.24, 2.45) is 5.73 Å². The van der Waals surface area contributed by atoms with Crippen LogP contribution >= 0.6 is 11.6 Å². The van der Waals surface area contributed by atoms with Gasteiger partial charge in [0.05, 0.1) is 10.5 Å². The second-order valence-corrected chi connectivity index (χ2v) is 4.56. The van der Waals surface area contributed by atoms with E-state index in [0.29, 0.717) is 0 Å². The van der Waals surface area contributed by atoms with Gasteiger partial charge < -0.3 is 10.7 Å². The molecule has 0 amide bonds. The Bertz CT molecular complexity index is 486. The molecule has 0 saturated carbocycles. The molecule has 0 aliphatic carbocycles. The minimum atomic E-state index is 0.165. The first-order chi connectivity index (χ1) is 7.08. The van der Waals surface area contributed by atoms with Crippen LogP contribution in [-0.4, -0.2) is 11.0 Å². The largest absolute Gasteiger partial charge is 0.360 e. The lowest BCUT2D eigenvalue weighted by atomic mass is 10.0. The molecule has 1 aromatic carbocycles. The predicted molar refractivity (Wildman–Crippen MR) is 65.4 cm³/mol. The van der Waals surface area contributed by atoms with Crippen molar-refractivity contribution in [1.82, 2.24) is 4.98 Å². The smallest absolute Gasteiger partial charge is 0.0649 e. The lowest BCUT2D eigenvalue weighted by Gasteiger charge is -2.06. The van der Waals surface area contributed by atoms with E-state index < -0.39 is 0 Å². The van der Waals surface area contributed by atoms with Gasteiger partial charge in [0, 0.05) is 17.6 Å². The van der Waals surface area contributed by atoms with Crippen LogP contribution in [0, 0.1) is 6.92 Å². The van der Waals surface area contributed by atoms with Gasteiger partial charge in [0.25, 0.3) is 0 Å². The van der Waals surface area contributed by atoms with Gasteiger partial charge in [-0.2, -0.15) is 0 Å². The molecule has 0 radical (unpaired) electrons. The number of hydrogen-bond donors (Lipinski definition) is 2. The Morgan fingerprint density at radius 2 is 2.20 bits per heavy atom. The highest BCUT2D eigenvalue weighted by Crippen LogP contribution is 2.27. The average Bonchev–Trinajstić information content (AvgIpc) is 2.47. The summed E-state index contributed by atoms with van der Waals surface area (Å²) < 4.78 is 0. The normalized spacial score (nSPS) is 13.3. The maximum Gasteiger partial charge on any atom is 0.0649 e. The molecule has 1 atom stereocenters. The SMILES string of the molecule is Cc1c[nH]c2c(Cl)cc(CC(C)N)cc12. The van der Waals surface area contributed by atoms with Crippen LogP contribution in [0.2, 0.25) is 5.02 Å². The number of rotatable bonds is 2. The lowest BCUT2D eigenvalue weighted by Crippen LogP contribution is -2.17. The lowest BCUT2D eigenvalue weighted by molar-refractivity contribution is 0.739. The first-order valence-electron chi connectivity index (χ1n) is 5.09. The number of halogens is 1. The first kappa shape index (κ1) is 10.5. The summed E-state index contributed by atoms with van der Waals surface area (Å²) in [6.45, 7) is 4.08. The third-order valence-corrected chi connectivity index (χ3v) is 2.86. The fourth-order valence-electron chi connectivity index (χ4n) is 1.87. The van der Waals surface area contributed by atoms with E-state index in [1.165, 1.54) is 16.5 Å². The molecule has 0 saturated heterocycles. The van der Waals surface area contributed by atoms with Gasteiger partial charge in [-0.1, -0.05) is 11.6 Å². The Labute approximate surface area is 94.4 Å². The molecular formula is C12H15ClN2. The summed E-state index contributed by atoms with van der Waals surface area (Å²) in [6, 6.07) is 4.32. The van der Waals surface area contributed by atoms with Crippen LogP contribution in [0.15, 0.2) is 18.3 Å². The number of benzene rings is 1. The van der Waals surface area contributed by atoms with Crippen molar-refractivity contribution < 1.29 is 0 Å². The molecule has 1 unspecified atom stereocenters. The molecule has 1 heterocycles. The number of aromatic nitrogens is 1. The van der Waals surface area contributed by atoms with Crippen molar-refractivity contribution in [2.75, 3.05) is 0 Å². The number of H-pyrrole nitrogens is 1. The van der Waals surface area contributed by atoms with Gasteiger partial charge in [-0.3, -0.25) is 0 Å². The summed E-state index contributed by atoms with van der Waals surface area (Å²) in [5.74, 6) is 0. The molecular weight excluding hydrogens is 208 g/mol. The topological polar surface area (TPSA) is 41.8 Å². The van der Waals surface area contributed by atoms with E-state index in [-0.39, 0.29) is 6.04 Å². The summed E-state index contributed by atoms with van der Waals surface area (Å²) >= 11 is 6.19. The number of nitrogens with two attached hydrogens (primary N) is 1. The van der Waals surface area contributed by atoms with Gasteiger partial charge in [-0.15, -0.1) is 0 Å². The minimum absolute atomic E-state index is 0.165. The first-order valence-corrected chi connectivity index (χ1v) is 5.47. The van der Waals surface area contributed by atoms with Gasteiger partial charge >= 0.3 is 0 Å². The zero-order valence-electron chi connectivity index (χ0n) is 8.97. The summed E-state index contributed by atoms with van der Waals surface area (Å²) in [6.07, 6.45) is 2.84. The van der Waals surface area contributed by atoms with Gasteiger partial charge in [0.1, 0.15) is 0 Å². The maximum absolute atomic E-state index is 6.19. The van der Waals surface area contributed by atoms with Gasteiger partial charge in [0.15, 0.2) is 0 Å². The van der Waals surface area contributed by atoms with Crippen molar-refractivity contribution in [2.45, 2.75) is 26.3 Å². The van der Waals surface area contributed by atoms with E-state index in [0.717, 1.165) is 17.0 Å². The average molecular weight is 223 g/mol. The second-order valence-electron chi connectivity index (χ2n) is 4.15. The number of hydrogen-bond acceptors (Lipinski definition) is 1. The Balaban J connectivity index is 2.55. The molecule has 3 N–H and O–H groups in total. The summed E-state index contributed by atoms with van der Waals surface area (Å²) in [7, 11) is 0. The Kier molecular flexibility index (Phi) is 2.72. The second kappa shape index (κ2) is 3.87. The Hall–Kier alpha value is -0.990. The van der Waals surface area contributed by atoms with Crippen LogP contribution in [-0.2, 0) is 6.42 Å². The van der Waals surface area contributed by atoms with Crippen LogP contribution in [0.1, 0.15) is 18.1 Å². The number of aromatic amines is 1. The van der Waals surface area contributed by atoms with Gasteiger partial charge in [0.2, 0.25) is 0 Å². The van der Waals surface area contributed by atoms with Crippen molar-refractivity contribution in [1.29, 1.82) is 0 Å². The Morgan fingerprint density at radius 1 is 1.47 bits per heavy atom. The summed E-state index contributed by atoms with van der Waals surface area (Å²) in [5.41, 5.74) is 9.22. The Morgan fingerprint density at radius 3 is 2.87 bits per heavy atom. The highest BCUT2D eigenvalue weighted by atomic mass is 35.5. The number of nitrogens with one attached hydrogen (secondary N) is 1. The molecule has 2 nitrogen and oxygen atoms in total. The molecule has 0 aliphatic rings. The van der Waals surface area contributed by atoms with E-state index in [9.17, 15) is 0 Å². The predicted octanol–water partition coefficient (Wildman–Crippen LogP) is 3.02. The van der Waals surface area contributed by atoms with Crippen molar-refractivity contribution in [3.05, 3.63) is 34.5 Å². The van der Waals surface area contributed by atoms with Crippen LogP contribution in [0.4, 0.5) is 0 Å². The standard InChI is InChI=1S/C12H15ClN2/c1-7-6-15-12-10(7)4-9(3-8(2)14)5-11(12)13/h4-6,8,15H,3,14H2,1-2H3. The molecule has 0 aliphatic heterocycles. The fraction of sp³-hybridized carbons (Fsp3) is 0.333. The number of aryl methyl sites for hydroxylation is 1. The van der Waals surface area contributed by atoms with Crippen molar-refractivity contribution in [3.63, 3.8) is 0 Å². The molecule has 2 aromatic rings. The third-order valence-electron chi connectivity index (χ3n) is 2.57. The summed E-state index contributed by atoms with van der Waals surface area (Å²) in [5, 5.41) is 1.97. The molecule has 0 spiro atoms. The van der Waals surface area contributed by atoms with Crippen molar-refractivity contribution in [3.8, 4) is 0 Å². The molecule has 0 bridgehead atoms. The quantitative estimate of drug-likeness (QED) is 0.806. The number of fused-ring (bicyclic) bond motifs is 1. The van der Waals surface area contributed by atoms with Crippen molar-refractivity contribution >= 4 is 22.5 Å². The molecule has 15 heavy (non-hydrogen) atoms. The highest BCUT2D eigenvalue weighted by Gasteiger charge is 2.07. The van der Waals surface area contributed by atoms with E-state index in [2.05, 4.69) is 18.0 Å². The monoisotopic (exact) mass is 222 g/mol. The zero-order chi connectivity index (χ0) is 11.0. The van der Waals surface area contributed by atoms with E-state index in [1.54, 1.807) is 0 Å². The maximum atomic E-state index is 6.19. The van der Waals surface area contributed by atoms with Crippen LogP contribution in [0.3, 0.4) is 0 Å². The van der Waals surface area contributed by atoms with E-state index >= 15 is 0 Å². The van der Waals surface area contributed by atoms with Crippen LogP contribution in [0.5, 0.6) is 0 Å². The molecule has 0 fully saturated rings. The van der Waals surface area contributed by atoms with Gasteiger partial charge in [-0.05, 0) is 43.5 Å². The molecule has 3 heteroatoms. The zero-order valence-corrected chi connectivity index (χ0v) is 9.73. The molecule has 1 aromatic heterocycles. The molecule has 2 rings (SSSR count). The van der Waals surface area contributed by atoms with E-state index in [1.807, 2.05) is 19.2 Å². The van der Waals surface area contributed by atoms with Gasteiger partial charge in [-0.25, -0.2) is 0 Å². The molecule has 80 valence electrons. The highest BCUT2D eigenvalue weighted by molar-refractivity contribution is 6.35. The minimum Gasteiger partial charge on any atom is -0.360 e. The van der Waals surface area contributed by atoms with Crippen LogP contribution < -0.4 is 5.73 Å². The van der Waals surface area contributed by atoms with E-state index in [4.69, 9.17) is 17.3 Å². The summed E-state index contributed by atoms with van der Waals surface area (Å²) in [4.78, 5) is 3.17.